The number of rotatable bonds is 5. The molecule has 3 aromatic rings. The van der Waals surface area contributed by atoms with E-state index in [-0.39, 0.29) is 17.5 Å². The minimum Gasteiger partial charge on any atom is -0.493 e. The lowest BCUT2D eigenvalue weighted by atomic mass is 9.90. The van der Waals surface area contributed by atoms with E-state index in [9.17, 15) is 9.18 Å². The van der Waals surface area contributed by atoms with E-state index in [0.717, 1.165) is 47.4 Å². The number of ether oxygens (including phenoxy) is 1. The third-order valence-corrected chi connectivity index (χ3v) is 6.30. The Kier molecular flexibility index (Phi) is 4.87. The van der Waals surface area contributed by atoms with E-state index in [4.69, 9.17) is 4.74 Å². The van der Waals surface area contributed by atoms with Crippen LogP contribution < -0.4 is 4.74 Å². The molecule has 4 heterocycles. The van der Waals surface area contributed by atoms with Crippen LogP contribution in [0.15, 0.2) is 41.1 Å². The number of pyridine rings is 1. The second-order valence-corrected chi connectivity index (χ2v) is 8.58. The molecule has 0 N–H and O–H groups in total. The summed E-state index contributed by atoms with van der Waals surface area (Å²) in [4.78, 5) is 20.4. The Labute approximate surface area is 176 Å². The molecule has 0 radical (unpaired) electrons. The highest BCUT2D eigenvalue weighted by atomic mass is 79.9. The molecule has 1 saturated heterocycles. The van der Waals surface area contributed by atoms with Crippen molar-refractivity contribution in [1.82, 2.24) is 14.5 Å². The minimum atomic E-state index is -0.331. The van der Waals surface area contributed by atoms with Gasteiger partial charge in [0, 0.05) is 30.2 Å². The maximum absolute atomic E-state index is 13.6. The lowest BCUT2D eigenvalue weighted by Gasteiger charge is -2.30. The standard InChI is InChI=1S/C22H21BrFN3O2/c23-20-5-3-17-18(12-27(22(17)25-20)9-8-26-6-1-7-26)21(28)15-10-14-11-16(24)2-4-19(14)29-13-15/h2-5,11-12,15H,1,6-10,13H2. The van der Waals surface area contributed by atoms with Gasteiger partial charge in [-0.25, -0.2) is 9.37 Å². The third kappa shape index (κ3) is 3.57. The van der Waals surface area contributed by atoms with Gasteiger partial charge in [-0.05, 0) is 77.8 Å². The molecule has 150 valence electrons. The van der Waals surface area contributed by atoms with Gasteiger partial charge < -0.3 is 14.2 Å². The van der Waals surface area contributed by atoms with Crippen molar-refractivity contribution in [1.29, 1.82) is 0 Å². The van der Waals surface area contributed by atoms with Gasteiger partial charge in [0.05, 0.1) is 12.5 Å². The summed E-state index contributed by atoms with van der Waals surface area (Å²) < 4.78 is 22.2. The van der Waals surface area contributed by atoms with E-state index in [2.05, 4.69) is 30.4 Å². The summed E-state index contributed by atoms with van der Waals surface area (Å²) in [5.41, 5.74) is 2.22. The van der Waals surface area contributed by atoms with E-state index in [1.165, 1.54) is 18.6 Å². The molecule has 1 aromatic carbocycles. The maximum Gasteiger partial charge on any atom is 0.171 e. The van der Waals surface area contributed by atoms with Gasteiger partial charge in [0.25, 0.3) is 0 Å². The number of Topliss-reactive ketones (excluding diaryl/α,β-unsaturated/α-hetero) is 1. The smallest absolute Gasteiger partial charge is 0.171 e. The number of ketones is 1. The van der Waals surface area contributed by atoms with E-state index in [1.54, 1.807) is 6.07 Å². The molecule has 0 saturated carbocycles. The van der Waals surface area contributed by atoms with Gasteiger partial charge in [-0.15, -0.1) is 0 Å². The number of likely N-dealkylation sites (tertiary alicyclic amines) is 1. The summed E-state index contributed by atoms with van der Waals surface area (Å²) in [6.07, 6.45) is 3.66. The number of carbonyl (C=O) groups excluding carboxylic acids is 1. The van der Waals surface area contributed by atoms with Crippen molar-refractivity contribution in [3.05, 3.63) is 58.1 Å². The molecule has 0 amide bonds. The summed E-state index contributed by atoms with van der Waals surface area (Å²) in [5, 5.41) is 0.854. The molecule has 1 unspecified atom stereocenters. The third-order valence-electron chi connectivity index (χ3n) is 5.86. The highest BCUT2D eigenvalue weighted by Crippen LogP contribution is 2.32. The fraction of sp³-hybridized carbons (Fsp3) is 0.364. The Balaban J connectivity index is 1.45. The van der Waals surface area contributed by atoms with Crippen LogP contribution in [0.25, 0.3) is 11.0 Å². The van der Waals surface area contributed by atoms with Crippen LogP contribution in [0.4, 0.5) is 4.39 Å². The van der Waals surface area contributed by atoms with Crippen molar-refractivity contribution in [3.8, 4) is 5.75 Å². The van der Waals surface area contributed by atoms with Crippen molar-refractivity contribution in [2.45, 2.75) is 19.4 Å². The molecule has 29 heavy (non-hydrogen) atoms. The minimum absolute atomic E-state index is 0.0248. The van der Waals surface area contributed by atoms with Crippen molar-refractivity contribution < 1.29 is 13.9 Å². The molecule has 0 bridgehead atoms. The van der Waals surface area contributed by atoms with Gasteiger partial charge in [-0.1, -0.05) is 0 Å². The first-order chi connectivity index (χ1) is 14.1. The summed E-state index contributed by atoms with van der Waals surface area (Å²) in [7, 11) is 0. The Morgan fingerprint density at radius 1 is 1.24 bits per heavy atom. The van der Waals surface area contributed by atoms with Crippen LogP contribution in [0.1, 0.15) is 22.3 Å². The van der Waals surface area contributed by atoms with Gasteiger partial charge in [0.15, 0.2) is 5.78 Å². The summed E-state index contributed by atoms with van der Waals surface area (Å²) in [6.45, 7) is 4.32. The van der Waals surface area contributed by atoms with Gasteiger partial charge in [0.1, 0.15) is 21.8 Å². The molecule has 0 aliphatic carbocycles. The van der Waals surface area contributed by atoms with Crippen LogP contribution in [0.2, 0.25) is 0 Å². The first kappa shape index (κ1) is 18.8. The number of hydrogen-bond donors (Lipinski definition) is 0. The number of benzene rings is 1. The van der Waals surface area contributed by atoms with Gasteiger partial charge >= 0.3 is 0 Å². The molecule has 5 rings (SSSR count). The lowest BCUT2D eigenvalue weighted by molar-refractivity contribution is 0.0856. The van der Waals surface area contributed by atoms with Crippen molar-refractivity contribution in [2.75, 3.05) is 26.2 Å². The molecular weight excluding hydrogens is 437 g/mol. The number of fused-ring (bicyclic) bond motifs is 2. The van der Waals surface area contributed by atoms with E-state index in [1.807, 2.05) is 18.3 Å². The average molecular weight is 458 g/mol. The molecule has 1 atom stereocenters. The van der Waals surface area contributed by atoms with Crippen LogP contribution in [-0.2, 0) is 13.0 Å². The first-order valence-electron chi connectivity index (χ1n) is 9.91. The van der Waals surface area contributed by atoms with Crippen LogP contribution in [0.3, 0.4) is 0 Å². The van der Waals surface area contributed by atoms with Crippen molar-refractivity contribution in [2.24, 2.45) is 5.92 Å². The molecule has 2 aromatic heterocycles. The van der Waals surface area contributed by atoms with Gasteiger partial charge in [0.2, 0.25) is 0 Å². The molecule has 0 spiro atoms. The molecule has 2 aliphatic heterocycles. The second kappa shape index (κ2) is 7.54. The van der Waals surface area contributed by atoms with Crippen molar-refractivity contribution in [3.63, 3.8) is 0 Å². The maximum atomic E-state index is 13.6. The van der Waals surface area contributed by atoms with Gasteiger partial charge in [-0.2, -0.15) is 0 Å². The highest BCUT2D eigenvalue weighted by molar-refractivity contribution is 9.10. The number of hydrogen-bond acceptors (Lipinski definition) is 4. The fourth-order valence-corrected chi connectivity index (χ4v) is 4.41. The zero-order valence-electron chi connectivity index (χ0n) is 15.9. The predicted molar refractivity (Wildman–Crippen MR) is 112 cm³/mol. The number of nitrogens with zero attached hydrogens (tertiary/aromatic N) is 3. The number of aromatic nitrogens is 2. The molecular formula is C22H21BrFN3O2. The van der Waals surface area contributed by atoms with Crippen molar-refractivity contribution >= 4 is 32.7 Å². The normalized spacial score (nSPS) is 18.9. The second-order valence-electron chi connectivity index (χ2n) is 7.76. The SMILES string of the molecule is O=C(c1cn(CCN2CCC2)c2nc(Br)ccc12)C1COc2ccc(F)cc2C1. The quantitative estimate of drug-likeness (QED) is 0.427. The molecule has 7 heteroatoms. The van der Waals surface area contributed by atoms with Crippen LogP contribution >= 0.6 is 15.9 Å². The summed E-state index contributed by atoms with van der Waals surface area (Å²) >= 11 is 3.44. The molecule has 1 fully saturated rings. The topological polar surface area (TPSA) is 47.4 Å². The zero-order chi connectivity index (χ0) is 20.0. The summed E-state index contributed by atoms with van der Waals surface area (Å²) in [6, 6.07) is 8.28. The molecule has 2 aliphatic rings. The molecule has 5 nitrogen and oxygen atoms in total. The average Bonchev–Trinajstić information content (AvgIpc) is 3.03. The monoisotopic (exact) mass is 457 g/mol. The first-order valence-corrected chi connectivity index (χ1v) is 10.7. The zero-order valence-corrected chi connectivity index (χ0v) is 17.5. The van der Waals surface area contributed by atoms with Crippen LogP contribution in [-0.4, -0.2) is 46.5 Å². The highest BCUT2D eigenvalue weighted by Gasteiger charge is 2.29. The Hall–Kier alpha value is -2.25. The number of carbonyl (C=O) groups is 1. The van der Waals surface area contributed by atoms with E-state index < -0.39 is 0 Å². The van der Waals surface area contributed by atoms with E-state index >= 15 is 0 Å². The largest absolute Gasteiger partial charge is 0.493 e. The Morgan fingerprint density at radius 2 is 2.10 bits per heavy atom. The Morgan fingerprint density at radius 3 is 2.90 bits per heavy atom. The van der Waals surface area contributed by atoms with Crippen LogP contribution in [0, 0.1) is 11.7 Å². The Bertz CT molecular complexity index is 1090. The number of halogens is 2. The van der Waals surface area contributed by atoms with Gasteiger partial charge in [-0.3, -0.25) is 4.79 Å². The van der Waals surface area contributed by atoms with Crippen LogP contribution in [0.5, 0.6) is 5.75 Å². The predicted octanol–water partition coefficient (Wildman–Crippen LogP) is 4.08. The summed E-state index contributed by atoms with van der Waals surface area (Å²) in [5.74, 6) is 0.0502. The van der Waals surface area contributed by atoms with E-state index in [0.29, 0.717) is 24.3 Å². The lowest BCUT2D eigenvalue weighted by Crippen LogP contribution is -2.39. The fourth-order valence-electron chi connectivity index (χ4n) is 4.11.